The first-order valence-corrected chi connectivity index (χ1v) is 14.8. The Morgan fingerprint density at radius 3 is 2.59 bits per heavy atom. The molecule has 2 amide bonds. The van der Waals surface area contributed by atoms with E-state index in [9.17, 15) is 19.8 Å². The number of anilines is 1. The van der Waals surface area contributed by atoms with Crippen LogP contribution < -0.4 is 10.6 Å². The van der Waals surface area contributed by atoms with Crippen LogP contribution in [0.4, 0.5) is 5.13 Å². The molecule has 2 saturated carbocycles. The van der Waals surface area contributed by atoms with Gasteiger partial charge in [0.25, 0.3) is 0 Å². The van der Waals surface area contributed by atoms with Crippen molar-refractivity contribution in [3.05, 3.63) is 10.6 Å². The number of fused-ring (bicyclic) bond motifs is 2. The number of carbonyl (C=O) groups excluding carboxylic acids is 2. The van der Waals surface area contributed by atoms with E-state index in [0.29, 0.717) is 30.1 Å². The summed E-state index contributed by atoms with van der Waals surface area (Å²) in [6.07, 6.45) is 9.37. The maximum absolute atomic E-state index is 13.3. The second kappa shape index (κ2) is 10.4. The standard InChI is InChI=1S/C25H39N3O4S2/c1-24-10-9-19(30)25(2,14-29)18(24)12-17-22(28-23(34-17)27-21(32)13-33-3)16(24)11-20(31)26-15-7-5-4-6-8-15/h15-16,18-19,29-30H,4-14H2,1-3H3,(H,26,31)(H,27,28,32)/t16-,18+,19-,24+,25+/m1/s1. The molecule has 5 atom stereocenters. The first-order chi connectivity index (χ1) is 16.2. The van der Waals surface area contributed by atoms with E-state index in [2.05, 4.69) is 17.6 Å². The van der Waals surface area contributed by atoms with Gasteiger partial charge in [0.15, 0.2) is 5.13 Å². The van der Waals surface area contributed by atoms with Crippen molar-refractivity contribution >= 4 is 40.0 Å². The number of thiazole rings is 1. The van der Waals surface area contributed by atoms with E-state index in [1.54, 1.807) is 0 Å². The van der Waals surface area contributed by atoms with E-state index >= 15 is 0 Å². The van der Waals surface area contributed by atoms with Gasteiger partial charge in [-0.25, -0.2) is 4.98 Å². The van der Waals surface area contributed by atoms with Crippen molar-refractivity contribution in [2.75, 3.05) is 23.9 Å². The fourth-order valence-corrected chi connectivity index (χ4v) is 8.12. The molecule has 34 heavy (non-hydrogen) atoms. The number of nitrogens with one attached hydrogen (secondary N) is 2. The Hall–Kier alpha value is -1.16. The van der Waals surface area contributed by atoms with Crippen LogP contribution >= 0.6 is 23.1 Å². The minimum absolute atomic E-state index is 0.0175. The van der Waals surface area contributed by atoms with Crippen LogP contribution in [-0.2, 0) is 16.0 Å². The number of aliphatic hydroxyl groups excluding tert-OH is 2. The Labute approximate surface area is 210 Å². The Kier molecular flexibility index (Phi) is 7.96. The Morgan fingerprint density at radius 1 is 1.18 bits per heavy atom. The molecule has 190 valence electrons. The minimum Gasteiger partial charge on any atom is -0.396 e. The fraction of sp³-hybridized carbons (Fsp3) is 0.800. The summed E-state index contributed by atoms with van der Waals surface area (Å²) in [6.45, 7) is 4.09. The molecule has 3 aliphatic carbocycles. The summed E-state index contributed by atoms with van der Waals surface area (Å²) >= 11 is 2.94. The van der Waals surface area contributed by atoms with Crippen molar-refractivity contribution in [3.63, 3.8) is 0 Å². The van der Waals surface area contributed by atoms with Gasteiger partial charge >= 0.3 is 0 Å². The van der Waals surface area contributed by atoms with Crippen LogP contribution in [0.15, 0.2) is 0 Å². The molecule has 0 radical (unpaired) electrons. The summed E-state index contributed by atoms with van der Waals surface area (Å²) in [5.41, 5.74) is -0.00393. The monoisotopic (exact) mass is 509 g/mol. The second-order valence-electron chi connectivity index (χ2n) is 10.9. The molecule has 7 nitrogen and oxygen atoms in total. The summed E-state index contributed by atoms with van der Waals surface area (Å²) < 4.78 is 0. The first kappa shape index (κ1) is 25.9. The van der Waals surface area contributed by atoms with Gasteiger partial charge in [-0.1, -0.05) is 33.1 Å². The number of amides is 2. The lowest BCUT2D eigenvalue weighted by Crippen LogP contribution is -2.57. The zero-order valence-corrected chi connectivity index (χ0v) is 22.2. The molecule has 1 aromatic heterocycles. The van der Waals surface area contributed by atoms with Gasteiger partial charge in [-0.2, -0.15) is 11.8 Å². The van der Waals surface area contributed by atoms with Crippen LogP contribution in [0.25, 0.3) is 0 Å². The second-order valence-corrected chi connectivity index (χ2v) is 12.9. The third kappa shape index (κ3) is 4.90. The lowest BCUT2D eigenvalue weighted by Gasteiger charge is -2.58. The van der Waals surface area contributed by atoms with E-state index in [0.717, 1.165) is 42.7 Å². The quantitative estimate of drug-likeness (QED) is 0.446. The Balaban J connectivity index is 1.65. The van der Waals surface area contributed by atoms with Gasteiger partial charge in [0.05, 0.1) is 24.2 Å². The average Bonchev–Trinajstić information content (AvgIpc) is 3.20. The Morgan fingerprint density at radius 2 is 1.91 bits per heavy atom. The predicted molar refractivity (Wildman–Crippen MR) is 137 cm³/mol. The lowest BCUT2D eigenvalue weighted by atomic mass is 9.47. The van der Waals surface area contributed by atoms with E-state index < -0.39 is 11.5 Å². The number of hydrogen-bond acceptors (Lipinski definition) is 7. The molecule has 0 aliphatic heterocycles. The zero-order chi connectivity index (χ0) is 24.5. The van der Waals surface area contributed by atoms with Gasteiger partial charge in [0.1, 0.15) is 0 Å². The topological polar surface area (TPSA) is 112 Å². The largest absolute Gasteiger partial charge is 0.396 e. The van der Waals surface area contributed by atoms with Gasteiger partial charge < -0.3 is 20.8 Å². The maximum Gasteiger partial charge on any atom is 0.236 e. The molecule has 0 spiro atoms. The maximum atomic E-state index is 13.3. The number of aromatic nitrogens is 1. The highest BCUT2D eigenvalue weighted by Crippen LogP contribution is 2.62. The zero-order valence-electron chi connectivity index (χ0n) is 20.6. The highest BCUT2D eigenvalue weighted by molar-refractivity contribution is 7.99. The van der Waals surface area contributed by atoms with Gasteiger partial charge in [0, 0.05) is 28.7 Å². The number of thioether (sulfide) groups is 1. The first-order valence-electron chi connectivity index (χ1n) is 12.6. The summed E-state index contributed by atoms with van der Waals surface area (Å²) in [4.78, 5) is 31.4. The van der Waals surface area contributed by atoms with E-state index in [1.165, 1.54) is 29.5 Å². The molecule has 0 saturated heterocycles. The third-order valence-corrected chi connectivity index (χ3v) is 10.3. The van der Waals surface area contributed by atoms with Crippen LogP contribution in [0.3, 0.4) is 0 Å². The number of nitrogens with zero attached hydrogens (tertiary/aromatic N) is 1. The normalized spacial score (nSPS) is 33.6. The van der Waals surface area contributed by atoms with E-state index in [-0.39, 0.29) is 41.7 Å². The molecule has 4 N–H and O–H groups in total. The summed E-state index contributed by atoms with van der Waals surface area (Å²) in [5.74, 6) is 0.244. The smallest absolute Gasteiger partial charge is 0.236 e. The molecule has 2 fully saturated rings. The average molecular weight is 510 g/mol. The summed E-state index contributed by atoms with van der Waals surface area (Å²) in [7, 11) is 0. The number of aliphatic hydroxyl groups is 2. The molecule has 1 heterocycles. The molecule has 0 aromatic carbocycles. The SMILES string of the molecule is CSCC(=O)Nc1nc2c(s1)C[C@@H]1[C@](C)(CO)[C@H](O)CC[C@@]1(C)[C@@H]2CC(=O)NC1CCCCC1. The summed E-state index contributed by atoms with van der Waals surface area (Å²) in [5, 5.41) is 28.0. The molecule has 1 aromatic rings. The molecule has 3 aliphatic rings. The molecular weight excluding hydrogens is 470 g/mol. The lowest BCUT2D eigenvalue weighted by molar-refractivity contribution is -0.144. The van der Waals surface area contributed by atoms with E-state index in [4.69, 9.17) is 4.98 Å². The van der Waals surface area contributed by atoms with Crippen molar-refractivity contribution in [2.45, 2.75) is 89.7 Å². The highest BCUT2D eigenvalue weighted by atomic mass is 32.2. The number of carbonyl (C=O) groups is 2. The van der Waals surface area contributed by atoms with Crippen LogP contribution in [0, 0.1) is 16.7 Å². The van der Waals surface area contributed by atoms with Gasteiger partial charge in [0.2, 0.25) is 11.8 Å². The van der Waals surface area contributed by atoms with Crippen molar-refractivity contribution < 1.29 is 19.8 Å². The predicted octanol–water partition coefficient (Wildman–Crippen LogP) is 3.70. The fourth-order valence-electron chi connectivity index (χ4n) is 6.70. The molecule has 9 heteroatoms. The van der Waals surface area contributed by atoms with Crippen LogP contribution in [0.1, 0.15) is 81.7 Å². The van der Waals surface area contributed by atoms with Gasteiger partial charge in [-0.05, 0) is 49.7 Å². The van der Waals surface area contributed by atoms with Crippen molar-refractivity contribution in [1.82, 2.24) is 10.3 Å². The van der Waals surface area contributed by atoms with Crippen LogP contribution in [-0.4, -0.2) is 57.8 Å². The molecular formula is C25H39N3O4S2. The third-order valence-electron chi connectivity index (χ3n) is 8.78. The summed E-state index contributed by atoms with van der Waals surface area (Å²) in [6, 6.07) is 0.251. The van der Waals surface area contributed by atoms with Crippen molar-refractivity contribution in [1.29, 1.82) is 0 Å². The number of rotatable bonds is 7. The molecule has 0 bridgehead atoms. The molecule has 4 rings (SSSR count). The van der Waals surface area contributed by atoms with Gasteiger partial charge in [-0.3, -0.25) is 9.59 Å². The van der Waals surface area contributed by atoms with Crippen LogP contribution in [0.2, 0.25) is 0 Å². The molecule has 0 unspecified atom stereocenters. The van der Waals surface area contributed by atoms with Crippen LogP contribution in [0.5, 0.6) is 0 Å². The van der Waals surface area contributed by atoms with Crippen molar-refractivity contribution in [3.8, 4) is 0 Å². The van der Waals surface area contributed by atoms with Gasteiger partial charge in [-0.15, -0.1) is 11.3 Å². The number of hydrogen-bond donors (Lipinski definition) is 4. The minimum atomic E-state index is -0.644. The van der Waals surface area contributed by atoms with Crippen molar-refractivity contribution in [2.24, 2.45) is 16.7 Å². The highest BCUT2D eigenvalue weighted by Gasteiger charge is 2.59. The van der Waals surface area contributed by atoms with E-state index in [1.807, 2.05) is 13.2 Å². The Bertz CT molecular complexity index is 903.